The van der Waals surface area contributed by atoms with E-state index in [2.05, 4.69) is 4.99 Å². The molecule has 0 atom stereocenters. The van der Waals surface area contributed by atoms with Gasteiger partial charge in [0.15, 0.2) is 11.5 Å². The average molecular weight is 277 g/mol. The van der Waals surface area contributed by atoms with E-state index in [1.165, 1.54) is 12.1 Å². The second-order valence-electron chi connectivity index (χ2n) is 5.30. The zero-order valence-corrected chi connectivity index (χ0v) is 11.2. The highest BCUT2D eigenvalue weighted by Gasteiger charge is 2.25. The van der Waals surface area contributed by atoms with Crippen LogP contribution in [0.5, 0.6) is 11.5 Å². The summed E-state index contributed by atoms with van der Waals surface area (Å²) in [4.78, 5) is 15.2. The van der Waals surface area contributed by atoms with E-state index in [-0.39, 0.29) is 17.4 Å². The quantitative estimate of drug-likeness (QED) is 0.582. The van der Waals surface area contributed by atoms with Crippen LogP contribution in [-0.2, 0) is 4.79 Å². The number of aliphatic carboxylic acids is 1. The summed E-state index contributed by atoms with van der Waals surface area (Å²) in [6, 6.07) is 4.56. The first kappa shape index (κ1) is 14.4. The molecule has 5 nitrogen and oxygen atoms in total. The minimum atomic E-state index is -0.688. The Labute approximate surface area is 117 Å². The van der Waals surface area contributed by atoms with Gasteiger partial charge >= 0.3 is 5.97 Å². The van der Waals surface area contributed by atoms with Crippen molar-refractivity contribution in [3.8, 4) is 11.5 Å². The highest BCUT2D eigenvalue weighted by Crippen LogP contribution is 2.29. The third kappa shape index (κ3) is 3.73. The minimum Gasteiger partial charge on any atom is -0.504 e. The van der Waals surface area contributed by atoms with Gasteiger partial charge < -0.3 is 15.3 Å². The molecular weight excluding hydrogens is 258 g/mol. The van der Waals surface area contributed by atoms with Crippen molar-refractivity contribution >= 4 is 12.2 Å². The van der Waals surface area contributed by atoms with Gasteiger partial charge in [0.2, 0.25) is 0 Å². The van der Waals surface area contributed by atoms with Gasteiger partial charge in [-0.3, -0.25) is 9.79 Å². The summed E-state index contributed by atoms with van der Waals surface area (Å²) in [6.45, 7) is 0.675. The Balaban J connectivity index is 1.82. The van der Waals surface area contributed by atoms with E-state index in [1.807, 2.05) is 0 Å². The smallest absolute Gasteiger partial charge is 0.306 e. The normalized spacial score (nSPS) is 23.0. The third-order valence-electron chi connectivity index (χ3n) is 3.80. The van der Waals surface area contributed by atoms with Gasteiger partial charge in [0.1, 0.15) is 0 Å². The van der Waals surface area contributed by atoms with Gasteiger partial charge in [0.25, 0.3) is 0 Å². The molecule has 1 aromatic rings. The van der Waals surface area contributed by atoms with Gasteiger partial charge in [0, 0.05) is 12.8 Å². The molecule has 1 aromatic carbocycles. The molecule has 0 bridgehead atoms. The number of carboxylic acids is 1. The summed E-state index contributed by atoms with van der Waals surface area (Å²) in [5, 5.41) is 27.5. The molecule has 20 heavy (non-hydrogen) atoms. The van der Waals surface area contributed by atoms with Crippen LogP contribution in [0.25, 0.3) is 0 Å². The monoisotopic (exact) mass is 277 g/mol. The van der Waals surface area contributed by atoms with Crippen molar-refractivity contribution in [2.75, 3.05) is 6.54 Å². The van der Waals surface area contributed by atoms with E-state index in [9.17, 15) is 15.0 Å². The number of aliphatic imine (C=N–C) groups is 1. The molecule has 3 N–H and O–H groups in total. The third-order valence-corrected chi connectivity index (χ3v) is 3.80. The van der Waals surface area contributed by atoms with Crippen LogP contribution in [0.2, 0.25) is 0 Å². The first-order valence-electron chi connectivity index (χ1n) is 6.81. The predicted octanol–water partition coefficient (Wildman–Crippen LogP) is 2.41. The number of nitrogens with zero attached hydrogens (tertiary/aromatic N) is 1. The summed E-state index contributed by atoms with van der Waals surface area (Å²) in [6.07, 6.45) is 4.93. The molecule has 0 heterocycles. The maximum Gasteiger partial charge on any atom is 0.306 e. The largest absolute Gasteiger partial charge is 0.504 e. The van der Waals surface area contributed by atoms with Crippen molar-refractivity contribution in [2.24, 2.45) is 16.8 Å². The Morgan fingerprint density at radius 1 is 1.20 bits per heavy atom. The molecule has 5 heteroatoms. The Hall–Kier alpha value is -2.04. The SMILES string of the molecule is O=C(O)[C@H]1CC[C@H](CN=Cc2ccc(O)c(O)c2)CC1. The lowest BCUT2D eigenvalue weighted by Crippen LogP contribution is -2.22. The maximum absolute atomic E-state index is 10.8. The number of hydrogen-bond donors (Lipinski definition) is 3. The maximum atomic E-state index is 10.8. The molecule has 1 aliphatic carbocycles. The Morgan fingerprint density at radius 3 is 2.50 bits per heavy atom. The van der Waals surface area contributed by atoms with Gasteiger partial charge in [-0.2, -0.15) is 0 Å². The fraction of sp³-hybridized carbons (Fsp3) is 0.467. The molecule has 0 spiro atoms. The average Bonchev–Trinajstić information content (AvgIpc) is 2.43. The van der Waals surface area contributed by atoms with Gasteiger partial charge in [-0.25, -0.2) is 0 Å². The molecule has 1 saturated carbocycles. The number of phenolic OH excluding ortho intramolecular Hbond substituents is 2. The van der Waals surface area contributed by atoms with Crippen LogP contribution in [0.3, 0.4) is 0 Å². The first-order chi connectivity index (χ1) is 9.56. The number of carboxylic acid groups (broad SMARTS) is 1. The summed E-state index contributed by atoms with van der Waals surface area (Å²) in [5.41, 5.74) is 0.736. The Bertz CT molecular complexity index is 505. The molecule has 1 aliphatic rings. The lowest BCUT2D eigenvalue weighted by molar-refractivity contribution is -0.143. The molecule has 108 valence electrons. The number of hydrogen-bond acceptors (Lipinski definition) is 4. The van der Waals surface area contributed by atoms with E-state index in [4.69, 9.17) is 5.11 Å². The molecule has 0 saturated heterocycles. The van der Waals surface area contributed by atoms with Crippen molar-refractivity contribution in [3.05, 3.63) is 23.8 Å². The number of phenols is 2. The second kappa shape index (κ2) is 6.41. The van der Waals surface area contributed by atoms with Crippen LogP contribution in [0, 0.1) is 11.8 Å². The zero-order valence-electron chi connectivity index (χ0n) is 11.2. The van der Waals surface area contributed by atoms with Crippen molar-refractivity contribution in [2.45, 2.75) is 25.7 Å². The van der Waals surface area contributed by atoms with Gasteiger partial charge in [-0.1, -0.05) is 0 Å². The van der Waals surface area contributed by atoms with E-state index in [0.29, 0.717) is 12.5 Å². The van der Waals surface area contributed by atoms with Gasteiger partial charge in [0.05, 0.1) is 5.92 Å². The fourth-order valence-electron chi connectivity index (χ4n) is 2.52. The van der Waals surface area contributed by atoms with Gasteiger partial charge in [-0.15, -0.1) is 0 Å². The van der Waals surface area contributed by atoms with E-state index < -0.39 is 5.97 Å². The number of rotatable bonds is 4. The second-order valence-corrected chi connectivity index (χ2v) is 5.30. The summed E-state index contributed by atoms with van der Waals surface area (Å²) >= 11 is 0. The van der Waals surface area contributed by atoms with Crippen molar-refractivity contribution in [1.82, 2.24) is 0 Å². The highest BCUT2D eigenvalue weighted by molar-refractivity contribution is 5.80. The molecule has 0 radical (unpaired) electrons. The topological polar surface area (TPSA) is 90.1 Å². The molecule has 0 aromatic heterocycles. The predicted molar refractivity (Wildman–Crippen MR) is 75.3 cm³/mol. The lowest BCUT2D eigenvalue weighted by atomic mass is 9.82. The summed E-state index contributed by atoms with van der Waals surface area (Å²) in [5.74, 6) is -0.742. The standard InChI is InChI=1S/C15H19NO4/c17-13-6-3-11(7-14(13)18)9-16-8-10-1-4-12(5-2-10)15(19)20/h3,6-7,9-10,12,17-18H,1-2,4-5,8H2,(H,19,20)/t10-,12-. The minimum absolute atomic E-state index is 0.144. The van der Waals surface area contributed by atoms with Crippen LogP contribution in [0.15, 0.2) is 23.2 Å². The Kier molecular flexibility index (Phi) is 4.61. The molecule has 0 amide bonds. The van der Waals surface area contributed by atoms with Crippen LogP contribution >= 0.6 is 0 Å². The number of benzene rings is 1. The van der Waals surface area contributed by atoms with E-state index in [0.717, 1.165) is 31.2 Å². The summed E-state index contributed by atoms with van der Waals surface area (Å²) < 4.78 is 0. The molecule has 0 aliphatic heterocycles. The summed E-state index contributed by atoms with van der Waals surface area (Å²) in [7, 11) is 0. The molecule has 2 rings (SSSR count). The van der Waals surface area contributed by atoms with Crippen LogP contribution < -0.4 is 0 Å². The van der Waals surface area contributed by atoms with Crippen LogP contribution in [-0.4, -0.2) is 34.0 Å². The molecular formula is C15H19NO4. The number of carbonyl (C=O) groups is 1. The van der Waals surface area contributed by atoms with Gasteiger partial charge in [-0.05, 0) is 55.4 Å². The fourth-order valence-corrected chi connectivity index (χ4v) is 2.52. The molecule has 0 unspecified atom stereocenters. The highest BCUT2D eigenvalue weighted by atomic mass is 16.4. The van der Waals surface area contributed by atoms with E-state index >= 15 is 0 Å². The van der Waals surface area contributed by atoms with Crippen LogP contribution in [0.1, 0.15) is 31.2 Å². The van der Waals surface area contributed by atoms with Crippen molar-refractivity contribution in [1.29, 1.82) is 0 Å². The lowest BCUT2D eigenvalue weighted by Gasteiger charge is -2.24. The van der Waals surface area contributed by atoms with Crippen molar-refractivity contribution < 1.29 is 20.1 Å². The van der Waals surface area contributed by atoms with E-state index in [1.54, 1.807) is 12.3 Å². The number of aromatic hydroxyl groups is 2. The Morgan fingerprint density at radius 2 is 1.90 bits per heavy atom. The van der Waals surface area contributed by atoms with Crippen molar-refractivity contribution in [3.63, 3.8) is 0 Å². The zero-order chi connectivity index (χ0) is 14.5. The molecule has 1 fully saturated rings. The first-order valence-corrected chi connectivity index (χ1v) is 6.81. The van der Waals surface area contributed by atoms with Crippen LogP contribution in [0.4, 0.5) is 0 Å².